The van der Waals surface area contributed by atoms with Crippen LogP contribution in [0.3, 0.4) is 0 Å². The number of nitrogens with one attached hydrogen (secondary N) is 1. The van der Waals surface area contributed by atoms with E-state index in [4.69, 9.17) is 4.42 Å². The lowest BCUT2D eigenvalue weighted by molar-refractivity contribution is 0.339. The van der Waals surface area contributed by atoms with Crippen molar-refractivity contribution in [2.24, 2.45) is 5.41 Å². The summed E-state index contributed by atoms with van der Waals surface area (Å²) in [6.07, 6.45) is 5.10. The monoisotopic (exact) mass is 260 g/mol. The van der Waals surface area contributed by atoms with E-state index >= 15 is 0 Å². The number of oxazole rings is 1. The van der Waals surface area contributed by atoms with Crippen molar-refractivity contribution in [3.05, 3.63) is 24.3 Å². The highest BCUT2D eigenvalue weighted by Gasteiger charge is 2.18. The zero-order valence-electron chi connectivity index (χ0n) is 12.2. The van der Waals surface area contributed by atoms with Gasteiger partial charge in [-0.1, -0.05) is 52.2 Å². The highest BCUT2D eigenvalue weighted by Crippen LogP contribution is 2.25. The number of para-hydroxylation sites is 2. The fourth-order valence-corrected chi connectivity index (χ4v) is 2.20. The van der Waals surface area contributed by atoms with E-state index in [9.17, 15) is 0 Å². The van der Waals surface area contributed by atoms with Crippen molar-refractivity contribution >= 4 is 17.1 Å². The second kappa shape index (κ2) is 6.09. The molecule has 0 saturated carbocycles. The molecule has 0 spiro atoms. The van der Waals surface area contributed by atoms with Crippen LogP contribution in [0.1, 0.15) is 46.5 Å². The van der Waals surface area contributed by atoms with E-state index in [1.165, 1.54) is 25.7 Å². The van der Waals surface area contributed by atoms with Crippen molar-refractivity contribution in [1.29, 1.82) is 0 Å². The fraction of sp³-hybridized carbons (Fsp3) is 0.562. The Hall–Kier alpha value is -1.51. The molecule has 19 heavy (non-hydrogen) atoms. The predicted molar refractivity (Wildman–Crippen MR) is 80.4 cm³/mol. The Bertz CT molecular complexity index is 483. The number of rotatable bonds is 7. The molecule has 2 rings (SSSR count). The number of hydrogen-bond donors (Lipinski definition) is 1. The average molecular weight is 260 g/mol. The van der Waals surface area contributed by atoms with Crippen molar-refractivity contribution < 1.29 is 4.42 Å². The SMILES string of the molecule is CCCCCC(C)(C)CNc1nc2ccccc2o1. The van der Waals surface area contributed by atoms with Gasteiger partial charge < -0.3 is 9.73 Å². The van der Waals surface area contributed by atoms with Crippen LogP contribution in [0.4, 0.5) is 6.01 Å². The number of nitrogens with zero attached hydrogens (tertiary/aromatic N) is 1. The molecule has 0 aliphatic rings. The first-order valence-electron chi connectivity index (χ1n) is 7.20. The molecule has 0 amide bonds. The van der Waals surface area contributed by atoms with Gasteiger partial charge in [0, 0.05) is 6.54 Å². The van der Waals surface area contributed by atoms with Gasteiger partial charge in [0.15, 0.2) is 5.58 Å². The summed E-state index contributed by atoms with van der Waals surface area (Å²) in [6.45, 7) is 7.71. The molecule has 0 bridgehead atoms. The second-order valence-electron chi connectivity index (χ2n) is 5.96. The Morgan fingerprint density at radius 3 is 2.74 bits per heavy atom. The lowest BCUT2D eigenvalue weighted by Crippen LogP contribution is -2.23. The van der Waals surface area contributed by atoms with Crippen LogP contribution in [-0.2, 0) is 0 Å². The zero-order chi connectivity index (χ0) is 13.7. The van der Waals surface area contributed by atoms with Gasteiger partial charge in [0.05, 0.1) is 0 Å². The maximum Gasteiger partial charge on any atom is 0.295 e. The molecular weight excluding hydrogens is 236 g/mol. The molecule has 3 nitrogen and oxygen atoms in total. The molecule has 104 valence electrons. The highest BCUT2D eigenvalue weighted by atomic mass is 16.4. The Balaban J connectivity index is 1.90. The van der Waals surface area contributed by atoms with Crippen LogP contribution in [0.5, 0.6) is 0 Å². The van der Waals surface area contributed by atoms with E-state index in [2.05, 4.69) is 31.1 Å². The molecule has 1 heterocycles. The van der Waals surface area contributed by atoms with Gasteiger partial charge in [-0.2, -0.15) is 4.98 Å². The van der Waals surface area contributed by atoms with E-state index in [0.29, 0.717) is 6.01 Å². The van der Waals surface area contributed by atoms with Crippen molar-refractivity contribution in [1.82, 2.24) is 4.98 Å². The maximum atomic E-state index is 5.67. The molecule has 0 saturated heterocycles. The minimum atomic E-state index is 0.274. The number of anilines is 1. The summed E-state index contributed by atoms with van der Waals surface area (Å²) in [5, 5.41) is 3.32. The minimum absolute atomic E-state index is 0.274. The maximum absolute atomic E-state index is 5.67. The number of fused-ring (bicyclic) bond motifs is 1. The number of hydrogen-bond acceptors (Lipinski definition) is 3. The van der Waals surface area contributed by atoms with Gasteiger partial charge in [0.25, 0.3) is 6.01 Å². The molecule has 1 aromatic carbocycles. The van der Waals surface area contributed by atoms with Gasteiger partial charge in [-0.3, -0.25) is 0 Å². The summed E-state index contributed by atoms with van der Waals surface area (Å²) in [7, 11) is 0. The van der Waals surface area contributed by atoms with Crippen LogP contribution in [-0.4, -0.2) is 11.5 Å². The molecule has 0 aliphatic heterocycles. The van der Waals surface area contributed by atoms with Gasteiger partial charge in [-0.05, 0) is 24.0 Å². The zero-order valence-corrected chi connectivity index (χ0v) is 12.2. The standard InChI is InChI=1S/C16H24N2O/c1-4-5-8-11-16(2,3)12-17-15-18-13-9-6-7-10-14(13)19-15/h6-7,9-10H,4-5,8,11-12H2,1-3H3,(H,17,18). The van der Waals surface area contributed by atoms with Crippen LogP contribution >= 0.6 is 0 Å². The molecule has 0 aliphatic carbocycles. The normalized spacial score (nSPS) is 11.9. The van der Waals surface area contributed by atoms with Gasteiger partial charge in [-0.15, -0.1) is 0 Å². The lowest BCUT2D eigenvalue weighted by Gasteiger charge is -2.24. The Morgan fingerprint density at radius 1 is 1.21 bits per heavy atom. The third-order valence-electron chi connectivity index (χ3n) is 3.47. The van der Waals surface area contributed by atoms with E-state index in [0.717, 1.165) is 17.6 Å². The molecule has 0 radical (unpaired) electrons. The summed E-state index contributed by atoms with van der Waals surface area (Å²) in [6, 6.07) is 8.48. The van der Waals surface area contributed by atoms with Gasteiger partial charge >= 0.3 is 0 Å². The van der Waals surface area contributed by atoms with Crippen LogP contribution < -0.4 is 5.32 Å². The number of benzene rings is 1. The summed E-state index contributed by atoms with van der Waals surface area (Å²) in [5.74, 6) is 0. The summed E-state index contributed by atoms with van der Waals surface area (Å²) in [4.78, 5) is 4.43. The molecule has 1 aromatic heterocycles. The number of aromatic nitrogens is 1. The largest absolute Gasteiger partial charge is 0.424 e. The van der Waals surface area contributed by atoms with Crippen LogP contribution in [0.2, 0.25) is 0 Å². The molecular formula is C16H24N2O. The van der Waals surface area contributed by atoms with Crippen molar-refractivity contribution in [2.45, 2.75) is 46.5 Å². The van der Waals surface area contributed by atoms with Crippen LogP contribution in [0.15, 0.2) is 28.7 Å². The van der Waals surface area contributed by atoms with Crippen LogP contribution in [0.25, 0.3) is 11.1 Å². The molecule has 0 atom stereocenters. The molecule has 3 heteroatoms. The quantitative estimate of drug-likeness (QED) is 0.723. The summed E-state index contributed by atoms with van der Waals surface area (Å²) < 4.78 is 5.67. The third-order valence-corrected chi connectivity index (χ3v) is 3.47. The van der Waals surface area contributed by atoms with E-state index in [1.807, 2.05) is 24.3 Å². The topological polar surface area (TPSA) is 38.1 Å². The molecule has 1 N–H and O–H groups in total. The minimum Gasteiger partial charge on any atom is -0.424 e. The number of unbranched alkanes of at least 4 members (excludes halogenated alkanes) is 2. The lowest BCUT2D eigenvalue weighted by atomic mass is 9.87. The van der Waals surface area contributed by atoms with Gasteiger partial charge in [-0.25, -0.2) is 0 Å². The second-order valence-corrected chi connectivity index (χ2v) is 5.96. The van der Waals surface area contributed by atoms with E-state index in [-0.39, 0.29) is 5.41 Å². The van der Waals surface area contributed by atoms with Crippen molar-refractivity contribution in [3.63, 3.8) is 0 Å². The fourth-order valence-electron chi connectivity index (χ4n) is 2.20. The van der Waals surface area contributed by atoms with Crippen LogP contribution in [0, 0.1) is 5.41 Å². The first-order chi connectivity index (χ1) is 9.11. The highest BCUT2D eigenvalue weighted by molar-refractivity contribution is 5.74. The van der Waals surface area contributed by atoms with E-state index < -0.39 is 0 Å². The smallest absolute Gasteiger partial charge is 0.295 e. The Kier molecular flexibility index (Phi) is 4.46. The Labute approximate surface area is 115 Å². The van der Waals surface area contributed by atoms with Crippen molar-refractivity contribution in [3.8, 4) is 0 Å². The molecule has 0 unspecified atom stereocenters. The first kappa shape index (κ1) is 13.9. The molecule has 2 aromatic rings. The predicted octanol–water partition coefficient (Wildman–Crippen LogP) is 4.85. The Morgan fingerprint density at radius 2 is 2.00 bits per heavy atom. The average Bonchev–Trinajstić information content (AvgIpc) is 2.79. The van der Waals surface area contributed by atoms with Gasteiger partial charge in [0.2, 0.25) is 0 Å². The molecule has 0 fully saturated rings. The van der Waals surface area contributed by atoms with Gasteiger partial charge in [0.1, 0.15) is 5.52 Å². The summed E-state index contributed by atoms with van der Waals surface area (Å²) in [5.41, 5.74) is 2.03. The first-order valence-corrected chi connectivity index (χ1v) is 7.20. The van der Waals surface area contributed by atoms with E-state index in [1.54, 1.807) is 0 Å². The third kappa shape index (κ3) is 3.98. The van der Waals surface area contributed by atoms with Crippen molar-refractivity contribution in [2.75, 3.05) is 11.9 Å². The summed E-state index contributed by atoms with van der Waals surface area (Å²) >= 11 is 0.